The van der Waals surface area contributed by atoms with Gasteiger partial charge in [0.2, 0.25) is 15.9 Å². The van der Waals surface area contributed by atoms with E-state index in [1.165, 1.54) is 28.3 Å². The Morgan fingerprint density at radius 1 is 1.03 bits per heavy atom. The first-order valence-electron chi connectivity index (χ1n) is 11.1. The topological polar surface area (TPSA) is 118 Å². The van der Waals surface area contributed by atoms with E-state index in [4.69, 9.17) is 5.14 Å². The summed E-state index contributed by atoms with van der Waals surface area (Å²) < 4.78 is 22.9. The number of aryl methyl sites for hydroxylation is 1. The quantitative estimate of drug-likeness (QED) is 0.409. The van der Waals surface area contributed by atoms with Crippen LogP contribution >= 0.6 is 11.3 Å². The molecule has 0 fully saturated rings. The number of rotatable bonds is 8. The number of primary sulfonamides is 1. The van der Waals surface area contributed by atoms with Gasteiger partial charge in [-0.05, 0) is 55.9 Å². The van der Waals surface area contributed by atoms with E-state index in [2.05, 4.69) is 10.6 Å². The van der Waals surface area contributed by atoms with Gasteiger partial charge >= 0.3 is 0 Å². The number of ketones is 1. The number of thiophene rings is 1. The van der Waals surface area contributed by atoms with Crippen molar-refractivity contribution >= 4 is 38.1 Å². The van der Waals surface area contributed by atoms with Crippen LogP contribution in [-0.4, -0.2) is 26.7 Å². The first-order valence-corrected chi connectivity index (χ1v) is 13.5. The monoisotopic (exact) mass is 497 g/mol. The third-order valence-electron chi connectivity index (χ3n) is 5.96. The van der Waals surface area contributed by atoms with E-state index in [0.717, 1.165) is 36.8 Å². The number of carbonyl (C=O) groups excluding carboxylic acids is 2. The van der Waals surface area contributed by atoms with Gasteiger partial charge in [0.25, 0.3) is 0 Å². The summed E-state index contributed by atoms with van der Waals surface area (Å²) in [5.74, 6) is -0.305. The molecule has 9 heteroatoms. The Bertz CT molecular complexity index is 1300. The molecule has 1 amide bonds. The lowest BCUT2D eigenvalue weighted by molar-refractivity contribution is -0.115. The molecule has 2 aromatic carbocycles. The number of nitrogens with one attached hydrogen (secondary N) is 2. The number of fused-ring (bicyclic) bond motifs is 1. The lowest BCUT2D eigenvalue weighted by Crippen LogP contribution is -2.30. The molecule has 3 aromatic rings. The Kier molecular flexibility index (Phi) is 7.27. The van der Waals surface area contributed by atoms with Crippen molar-refractivity contribution in [2.75, 3.05) is 11.9 Å². The van der Waals surface area contributed by atoms with Gasteiger partial charge in [0, 0.05) is 16.5 Å². The lowest BCUT2D eigenvalue weighted by atomic mass is 9.92. The Balaban J connectivity index is 1.47. The number of carbonyl (C=O) groups is 2. The molecule has 0 aliphatic heterocycles. The van der Waals surface area contributed by atoms with Gasteiger partial charge in [-0.15, -0.1) is 11.3 Å². The fourth-order valence-corrected chi connectivity index (χ4v) is 5.93. The minimum absolute atomic E-state index is 0.0402. The number of benzene rings is 2. The van der Waals surface area contributed by atoms with Crippen molar-refractivity contribution in [1.82, 2.24) is 5.32 Å². The molecular formula is C25H27N3O4S2. The molecule has 1 atom stereocenters. The molecule has 0 bridgehead atoms. The fraction of sp³-hybridized carbons (Fsp3) is 0.280. The van der Waals surface area contributed by atoms with Crippen molar-refractivity contribution in [2.24, 2.45) is 5.14 Å². The average Bonchev–Trinajstić information content (AvgIpc) is 3.19. The van der Waals surface area contributed by atoms with Crippen molar-refractivity contribution in [3.63, 3.8) is 0 Å². The van der Waals surface area contributed by atoms with Gasteiger partial charge in [-0.25, -0.2) is 13.6 Å². The highest BCUT2D eigenvalue weighted by Gasteiger charge is 2.27. The third-order valence-corrected chi connectivity index (χ3v) is 8.10. The molecule has 4 rings (SSSR count). The van der Waals surface area contributed by atoms with Gasteiger partial charge in [-0.2, -0.15) is 0 Å². The van der Waals surface area contributed by atoms with Crippen molar-refractivity contribution in [1.29, 1.82) is 0 Å². The normalized spacial score (nSPS) is 14.3. The van der Waals surface area contributed by atoms with E-state index < -0.39 is 10.0 Å². The second-order valence-electron chi connectivity index (χ2n) is 8.37. The fourth-order valence-electron chi connectivity index (χ4n) is 4.11. The smallest absolute Gasteiger partial charge is 0.238 e. The summed E-state index contributed by atoms with van der Waals surface area (Å²) in [6.07, 6.45) is 3.90. The second kappa shape index (κ2) is 10.2. The summed E-state index contributed by atoms with van der Waals surface area (Å²) >= 11 is 1.50. The molecule has 4 N–H and O–H groups in total. The minimum atomic E-state index is -3.75. The van der Waals surface area contributed by atoms with Crippen LogP contribution in [0.4, 0.5) is 5.00 Å². The summed E-state index contributed by atoms with van der Waals surface area (Å²) in [6.45, 7) is 1.92. The van der Waals surface area contributed by atoms with Gasteiger partial charge in [0.05, 0.1) is 17.0 Å². The zero-order valence-electron chi connectivity index (χ0n) is 18.8. The number of sulfonamides is 1. The molecular weight excluding hydrogens is 470 g/mol. The number of amides is 1. The maximum atomic E-state index is 13.3. The predicted octanol–water partition coefficient (Wildman–Crippen LogP) is 3.79. The van der Waals surface area contributed by atoms with Crippen molar-refractivity contribution < 1.29 is 18.0 Å². The highest BCUT2D eigenvalue weighted by molar-refractivity contribution is 7.89. The Morgan fingerprint density at radius 2 is 1.71 bits per heavy atom. The van der Waals surface area contributed by atoms with E-state index in [0.29, 0.717) is 16.1 Å². The molecule has 0 unspecified atom stereocenters. The molecule has 0 radical (unpaired) electrons. The summed E-state index contributed by atoms with van der Waals surface area (Å²) in [4.78, 5) is 27.3. The molecule has 7 nitrogen and oxygen atoms in total. The highest BCUT2D eigenvalue weighted by Crippen LogP contribution is 2.39. The van der Waals surface area contributed by atoms with E-state index in [1.807, 2.05) is 25.1 Å². The zero-order chi connectivity index (χ0) is 24.3. The van der Waals surface area contributed by atoms with Gasteiger partial charge in [-0.3, -0.25) is 9.59 Å². The minimum Gasteiger partial charge on any atom is -0.316 e. The summed E-state index contributed by atoms with van der Waals surface area (Å²) in [5, 5.41) is 11.9. The van der Waals surface area contributed by atoms with E-state index in [9.17, 15) is 18.0 Å². The van der Waals surface area contributed by atoms with Gasteiger partial charge in [0.1, 0.15) is 5.00 Å². The molecule has 0 saturated carbocycles. The van der Waals surface area contributed by atoms with Crippen LogP contribution in [0.15, 0.2) is 59.5 Å². The Morgan fingerprint density at radius 3 is 2.38 bits per heavy atom. The standard InChI is InChI=1S/C25H27N3O4S2/c1-16(17-11-13-19(14-12-17)34(26,31)32)27-15-22(29)28-25-23(20-9-5-6-10-21(20)33-25)24(30)18-7-3-2-4-8-18/h2-4,7-8,11-14,16,27H,5-6,9-10,15H2,1H3,(H,28,29)(H2,26,31,32)/t16-/m1/s1. The molecule has 1 aromatic heterocycles. The van der Waals surface area contributed by atoms with Crippen molar-refractivity contribution in [3.8, 4) is 0 Å². The largest absolute Gasteiger partial charge is 0.316 e. The lowest BCUT2D eigenvalue weighted by Gasteiger charge is -2.15. The first-order chi connectivity index (χ1) is 16.2. The van der Waals surface area contributed by atoms with Crippen LogP contribution in [0.1, 0.15) is 57.7 Å². The molecule has 1 aliphatic rings. The number of hydrogen-bond donors (Lipinski definition) is 3. The van der Waals surface area contributed by atoms with Crippen molar-refractivity contribution in [2.45, 2.75) is 43.5 Å². The first kappa shape index (κ1) is 24.3. The third kappa shape index (κ3) is 5.44. The highest BCUT2D eigenvalue weighted by atomic mass is 32.2. The number of hydrogen-bond acceptors (Lipinski definition) is 6. The Labute approximate surface area is 203 Å². The molecule has 34 heavy (non-hydrogen) atoms. The van der Waals surface area contributed by atoms with Crippen LogP contribution < -0.4 is 15.8 Å². The average molecular weight is 498 g/mol. The second-order valence-corrected chi connectivity index (χ2v) is 11.0. The van der Waals surface area contributed by atoms with Gasteiger partial charge in [-0.1, -0.05) is 42.5 Å². The molecule has 0 saturated heterocycles. The molecule has 0 spiro atoms. The van der Waals surface area contributed by atoms with Crippen LogP contribution in [0.2, 0.25) is 0 Å². The zero-order valence-corrected chi connectivity index (χ0v) is 20.5. The maximum Gasteiger partial charge on any atom is 0.238 e. The van der Waals surface area contributed by atoms with Crippen molar-refractivity contribution in [3.05, 3.63) is 81.7 Å². The number of anilines is 1. The molecule has 1 heterocycles. The predicted molar refractivity (Wildman–Crippen MR) is 134 cm³/mol. The van der Waals surface area contributed by atoms with E-state index >= 15 is 0 Å². The summed E-state index contributed by atoms with van der Waals surface area (Å²) in [5.41, 5.74) is 3.12. The maximum absolute atomic E-state index is 13.3. The Hall–Kier alpha value is -2.85. The van der Waals surface area contributed by atoms with Gasteiger partial charge < -0.3 is 10.6 Å². The van der Waals surface area contributed by atoms with Gasteiger partial charge in [0.15, 0.2) is 5.78 Å². The van der Waals surface area contributed by atoms with E-state index in [1.54, 1.807) is 24.3 Å². The van der Waals surface area contributed by atoms with Crippen LogP contribution in [0, 0.1) is 0 Å². The molecule has 1 aliphatic carbocycles. The molecule has 178 valence electrons. The van der Waals surface area contributed by atoms with Crippen LogP contribution in [0.3, 0.4) is 0 Å². The SMILES string of the molecule is C[C@@H](NCC(=O)Nc1sc2c(c1C(=O)c1ccccc1)CCCC2)c1ccc(S(N)(=O)=O)cc1. The summed E-state index contributed by atoms with van der Waals surface area (Å²) in [7, 11) is -3.75. The number of nitrogens with two attached hydrogens (primary N) is 1. The van der Waals surface area contributed by atoms with E-state index in [-0.39, 0.29) is 29.2 Å². The summed E-state index contributed by atoms with van der Waals surface area (Å²) in [6, 6.07) is 15.2. The van der Waals surface area contributed by atoms with Crippen LogP contribution in [0.5, 0.6) is 0 Å². The van der Waals surface area contributed by atoms with Crippen LogP contribution in [0.25, 0.3) is 0 Å². The van der Waals surface area contributed by atoms with Crippen LogP contribution in [-0.2, 0) is 27.7 Å².